The number of nitrogens with one attached hydrogen (secondary N) is 1. The largest absolute Gasteiger partial charge is 0.373 e. The van der Waals surface area contributed by atoms with E-state index in [1.54, 1.807) is 4.90 Å². The Labute approximate surface area is 178 Å². The van der Waals surface area contributed by atoms with Crippen LogP contribution in [0.25, 0.3) is 0 Å². The van der Waals surface area contributed by atoms with Gasteiger partial charge in [0.2, 0.25) is 21.8 Å². The van der Waals surface area contributed by atoms with Gasteiger partial charge in [-0.2, -0.15) is 4.31 Å². The van der Waals surface area contributed by atoms with Gasteiger partial charge in [-0.3, -0.25) is 9.59 Å². The molecule has 0 bridgehead atoms. The third-order valence-electron chi connectivity index (χ3n) is 5.76. The fraction of sp³-hybridized carbons (Fsp3) is 0.619. The standard InChI is InChI=1S/C21H31N3O5S/c1-14-5-6-18(11-15(14)2)24-9-7-19(21(24)26)20(25)22-8-10-30(27,28)23-12-16(3)29-17(4)13-23/h5-6,11,16-17,19H,7-10,12-13H2,1-4H3,(H,22,25)/t16-,17+,19-/m1/s1. The van der Waals surface area contributed by atoms with Gasteiger partial charge in [-0.25, -0.2) is 8.42 Å². The highest BCUT2D eigenvalue weighted by atomic mass is 32.2. The molecule has 3 rings (SSSR count). The number of hydrogen-bond acceptors (Lipinski definition) is 5. The number of morpholine rings is 1. The zero-order valence-electron chi connectivity index (χ0n) is 18.1. The van der Waals surface area contributed by atoms with Gasteiger partial charge in [-0.05, 0) is 57.4 Å². The zero-order chi connectivity index (χ0) is 22.1. The molecule has 9 heteroatoms. The van der Waals surface area contributed by atoms with Crippen molar-refractivity contribution in [2.45, 2.75) is 46.3 Å². The maximum absolute atomic E-state index is 12.7. The number of rotatable bonds is 6. The molecule has 1 N–H and O–H groups in total. The molecular weight excluding hydrogens is 406 g/mol. The summed E-state index contributed by atoms with van der Waals surface area (Å²) in [6, 6.07) is 5.80. The van der Waals surface area contributed by atoms with Gasteiger partial charge in [0.15, 0.2) is 0 Å². The van der Waals surface area contributed by atoms with Crippen molar-refractivity contribution >= 4 is 27.5 Å². The molecule has 3 atom stereocenters. The van der Waals surface area contributed by atoms with E-state index in [0.717, 1.165) is 16.8 Å². The quantitative estimate of drug-likeness (QED) is 0.675. The first-order chi connectivity index (χ1) is 14.1. The number of carbonyl (C=O) groups excluding carboxylic acids is 2. The van der Waals surface area contributed by atoms with Crippen LogP contribution in [-0.2, 0) is 24.3 Å². The highest BCUT2D eigenvalue weighted by molar-refractivity contribution is 7.89. The molecule has 0 unspecified atom stereocenters. The number of nitrogens with zero attached hydrogens (tertiary/aromatic N) is 2. The summed E-state index contributed by atoms with van der Waals surface area (Å²) in [5.41, 5.74) is 3.02. The first kappa shape index (κ1) is 22.7. The fourth-order valence-corrected chi connectivity index (χ4v) is 5.48. The number of hydrogen-bond donors (Lipinski definition) is 1. The topological polar surface area (TPSA) is 96.0 Å². The maximum Gasteiger partial charge on any atom is 0.239 e. The lowest BCUT2D eigenvalue weighted by Crippen LogP contribution is -2.50. The predicted octanol–water partition coefficient (Wildman–Crippen LogP) is 1.21. The van der Waals surface area contributed by atoms with Crippen LogP contribution in [0.4, 0.5) is 5.69 Å². The van der Waals surface area contributed by atoms with Gasteiger partial charge >= 0.3 is 0 Å². The van der Waals surface area contributed by atoms with E-state index in [1.807, 2.05) is 45.9 Å². The second-order valence-corrected chi connectivity index (χ2v) is 10.4. The van der Waals surface area contributed by atoms with Crippen LogP contribution >= 0.6 is 0 Å². The fourth-order valence-electron chi connectivity index (χ4n) is 3.99. The first-order valence-corrected chi connectivity index (χ1v) is 12.0. The molecule has 8 nitrogen and oxygen atoms in total. The van der Waals surface area contributed by atoms with E-state index in [-0.39, 0.29) is 30.4 Å². The van der Waals surface area contributed by atoms with Crippen molar-refractivity contribution in [2.75, 3.05) is 36.8 Å². The van der Waals surface area contributed by atoms with E-state index in [0.29, 0.717) is 26.1 Å². The molecule has 0 radical (unpaired) electrons. The van der Waals surface area contributed by atoms with E-state index >= 15 is 0 Å². The third kappa shape index (κ3) is 5.01. The molecule has 0 spiro atoms. The van der Waals surface area contributed by atoms with Crippen LogP contribution in [0, 0.1) is 19.8 Å². The van der Waals surface area contributed by atoms with Crippen molar-refractivity contribution in [1.82, 2.24) is 9.62 Å². The second-order valence-electron chi connectivity index (χ2n) is 8.28. The molecule has 1 aromatic rings. The van der Waals surface area contributed by atoms with E-state index in [2.05, 4.69) is 5.32 Å². The third-order valence-corrected chi connectivity index (χ3v) is 7.57. The minimum Gasteiger partial charge on any atom is -0.373 e. The summed E-state index contributed by atoms with van der Waals surface area (Å²) in [6.07, 6.45) is 0.0966. The number of aryl methyl sites for hydroxylation is 2. The van der Waals surface area contributed by atoms with Gasteiger partial charge < -0.3 is 15.0 Å². The monoisotopic (exact) mass is 437 g/mol. The number of benzene rings is 1. The summed E-state index contributed by atoms with van der Waals surface area (Å²) in [5, 5.41) is 2.64. The van der Waals surface area contributed by atoms with Crippen molar-refractivity contribution in [3.05, 3.63) is 29.3 Å². The minimum atomic E-state index is -3.50. The molecule has 0 saturated carbocycles. The summed E-state index contributed by atoms with van der Waals surface area (Å²) in [5.74, 6) is -1.63. The number of sulfonamides is 1. The van der Waals surface area contributed by atoms with E-state index in [9.17, 15) is 18.0 Å². The number of ether oxygens (including phenoxy) is 1. The molecule has 2 heterocycles. The van der Waals surface area contributed by atoms with Crippen LogP contribution in [-0.4, -0.2) is 68.7 Å². The van der Waals surface area contributed by atoms with Gasteiger partial charge in [0.1, 0.15) is 5.92 Å². The van der Waals surface area contributed by atoms with Gasteiger partial charge in [0, 0.05) is 31.9 Å². The Kier molecular flexibility index (Phi) is 6.84. The lowest BCUT2D eigenvalue weighted by molar-refractivity contribution is -0.132. The van der Waals surface area contributed by atoms with E-state index < -0.39 is 21.8 Å². The maximum atomic E-state index is 12.7. The van der Waals surface area contributed by atoms with Crippen LogP contribution in [0.1, 0.15) is 31.4 Å². The van der Waals surface area contributed by atoms with Crippen molar-refractivity contribution < 1.29 is 22.7 Å². The lowest BCUT2D eigenvalue weighted by atomic mass is 10.1. The van der Waals surface area contributed by atoms with Crippen LogP contribution < -0.4 is 10.2 Å². The Morgan fingerprint density at radius 1 is 1.17 bits per heavy atom. The predicted molar refractivity (Wildman–Crippen MR) is 115 cm³/mol. The molecule has 30 heavy (non-hydrogen) atoms. The lowest BCUT2D eigenvalue weighted by Gasteiger charge is -2.34. The number of amides is 2. The Bertz CT molecular complexity index is 907. The van der Waals surface area contributed by atoms with Crippen LogP contribution in [0.15, 0.2) is 18.2 Å². The van der Waals surface area contributed by atoms with Crippen LogP contribution in [0.5, 0.6) is 0 Å². The molecule has 2 aliphatic rings. The van der Waals surface area contributed by atoms with Crippen molar-refractivity contribution in [1.29, 1.82) is 0 Å². The highest BCUT2D eigenvalue weighted by Gasteiger charge is 2.38. The van der Waals surface area contributed by atoms with Crippen molar-refractivity contribution in [2.24, 2.45) is 5.92 Å². The Morgan fingerprint density at radius 3 is 2.47 bits per heavy atom. The average molecular weight is 438 g/mol. The SMILES string of the molecule is Cc1ccc(N2CC[C@H](C(=O)NCCS(=O)(=O)N3C[C@@H](C)O[C@@H](C)C3)C2=O)cc1C. The Hall–Kier alpha value is -1.97. The molecule has 0 aliphatic carbocycles. The van der Waals surface area contributed by atoms with Crippen LogP contribution in [0.2, 0.25) is 0 Å². The summed E-state index contributed by atoms with van der Waals surface area (Å²) in [7, 11) is -3.50. The smallest absolute Gasteiger partial charge is 0.239 e. The molecule has 166 valence electrons. The number of carbonyl (C=O) groups is 2. The molecule has 2 amide bonds. The highest BCUT2D eigenvalue weighted by Crippen LogP contribution is 2.27. The zero-order valence-corrected chi connectivity index (χ0v) is 18.9. The molecule has 2 fully saturated rings. The molecule has 2 aliphatic heterocycles. The summed E-state index contributed by atoms with van der Waals surface area (Å²) in [4.78, 5) is 26.9. The van der Waals surface area contributed by atoms with E-state index in [1.165, 1.54) is 4.31 Å². The van der Waals surface area contributed by atoms with Gasteiger partial charge in [0.05, 0.1) is 18.0 Å². The summed E-state index contributed by atoms with van der Waals surface area (Å²) >= 11 is 0. The van der Waals surface area contributed by atoms with Crippen LogP contribution in [0.3, 0.4) is 0 Å². The first-order valence-electron chi connectivity index (χ1n) is 10.4. The summed E-state index contributed by atoms with van der Waals surface area (Å²) < 4.78 is 32.2. The van der Waals surface area contributed by atoms with Crippen molar-refractivity contribution in [3.63, 3.8) is 0 Å². The Morgan fingerprint density at radius 2 is 1.83 bits per heavy atom. The molecule has 0 aromatic heterocycles. The molecular formula is C21H31N3O5S. The minimum absolute atomic E-state index is 0.0191. The number of anilines is 1. The normalized spacial score (nSPS) is 25.5. The second kappa shape index (κ2) is 9.03. The van der Waals surface area contributed by atoms with Crippen molar-refractivity contribution in [3.8, 4) is 0 Å². The summed E-state index contributed by atoms with van der Waals surface area (Å²) in [6.45, 7) is 8.75. The average Bonchev–Trinajstić information content (AvgIpc) is 3.04. The van der Waals surface area contributed by atoms with Gasteiger partial charge in [-0.15, -0.1) is 0 Å². The van der Waals surface area contributed by atoms with Gasteiger partial charge in [-0.1, -0.05) is 6.07 Å². The van der Waals surface area contributed by atoms with E-state index in [4.69, 9.17) is 4.74 Å². The Balaban J connectivity index is 1.54. The van der Waals surface area contributed by atoms with Gasteiger partial charge in [0.25, 0.3) is 0 Å². The molecule has 1 aromatic carbocycles. The molecule has 2 saturated heterocycles.